The largest absolute Gasteiger partial charge is 0.379 e. The van der Waals surface area contributed by atoms with Gasteiger partial charge in [-0.3, -0.25) is 4.79 Å². The number of rotatable bonds is 4. The van der Waals surface area contributed by atoms with Crippen LogP contribution < -0.4 is 5.32 Å². The smallest absolute Gasteiger partial charge is 0.269 e. The number of benzene rings is 1. The normalized spacial score (nSPS) is 10.5. The Morgan fingerprint density at radius 3 is 2.38 bits per heavy atom. The lowest BCUT2D eigenvalue weighted by molar-refractivity contribution is 0.0822. The minimum absolute atomic E-state index is 0.112. The van der Waals surface area contributed by atoms with Gasteiger partial charge in [0.1, 0.15) is 5.69 Å². The number of hydrogen-bond donors (Lipinski definition) is 2. The predicted molar refractivity (Wildman–Crippen MR) is 72.5 cm³/mol. The molecular weight excluding hydrogens is 283 g/mol. The molecule has 2 rings (SSSR count). The highest BCUT2D eigenvalue weighted by atomic mass is 19.2. The molecule has 1 amide bonds. The van der Waals surface area contributed by atoms with Crippen LogP contribution in [0.5, 0.6) is 0 Å². The number of carbonyl (C=O) groups excluding carboxylic acids is 1. The number of aromatic amines is 1. The number of nitrogens with zero attached hydrogens (tertiary/aromatic N) is 1. The number of amides is 1. The molecule has 1 aromatic heterocycles. The van der Waals surface area contributed by atoms with Gasteiger partial charge in [-0.1, -0.05) is 0 Å². The van der Waals surface area contributed by atoms with Crippen LogP contribution in [0.25, 0.3) is 0 Å². The van der Waals surface area contributed by atoms with Crippen LogP contribution in [0.1, 0.15) is 16.2 Å². The number of H-pyrrole nitrogens is 1. The Morgan fingerprint density at radius 1 is 1.19 bits per heavy atom. The molecular formula is C14H14F3N3O. The van der Waals surface area contributed by atoms with Crippen molar-refractivity contribution in [3.05, 3.63) is 53.1 Å². The van der Waals surface area contributed by atoms with Crippen molar-refractivity contribution in [2.24, 2.45) is 0 Å². The minimum Gasteiger partial charge on any atom is -0.379 e. The van der Waals surface area contributed by atoms with Crippen LogP contribution in [0.4, 0.5) is 18.9 Å². The Labute approximate surface area is 119 Å². The molecule has 0 fully saturated rings. The van der Waals surface area contributed by atoms with Crippen molar-refractivity contribution in [1.82, 2.24) is 9.88 Å². The van der Waals surface area contributed by atoms with Gasteiger partial charge in [0.25, 0.3) is 5.91 Å². The Kier molecular flexibility index (Phi) is 4.21. The standard InChI is InChI=1S/C14H14F3N3O/c1-20(2)14(21)12-4-3-8(19-12)7-18-9-5-10(15)13(17)11(16)6-9/h3-6,18-19H,7H2,1-2H3. The highest BCUT2D eigenvalue weighted by Gasteiger charge is 2.12. The van der Waals surface area contributed by atoms with Crippen LogP contribution in [0, 0.1) is 17.5 Å². The van der Waals surface area contributed by atoms with Crippen LogP contribution in [0.3, 0.4) is 0 Å². The summed E-state index contributed by atoms with van der Waals surface area (Å²) in [5.74, 6) is -4.20. The highest BCUT2D eigenvalue weighted by Crippen LogP contribution is 2.18. The fourth-order valence-electron chi connectivity index (χ4n) is 1.76. The Bertz CT molecular complexity index is 644. The summed E-state index contributed by atoms with van der Waals surface area (Å²) < 4.78 is 38.9. The lowest BCUT2D eigenvalue weighted by Crippen LogP contribution is -2.22. The van der Waals surface area contributed by atoms with E-state index in [0.29, 0.717) is 11.4 Å². The van der Waals surface area contributed by atoms with Crippen molar-refractivity contribution >= 4 is 11.6 Å². The molecule has 0 spiro atoms. The summed E-state index contributed by atoms with van der Waals surface area (Å²) in [4.78, 5) is 16.0. The van der Waals surface area contributed by atoms with Crippen molar-refractivity contribution < 1.29 is 18.0 Å². The third-order valence-corrected chi connectivity index (χ3v) is 2.85. The van der Waals surface area contributed by atoms with Gasteiger partial charge in [0.2, 0.25) is 0 Å². The van der Waals surface area contributed by atoms with Crippen molar-refractivity contribution in [3.8, 4) is 0 Å². The van der Waals surface area contributed by atoms with E-state index in [4.69, 9.17) is 0 Å². The van der Waals surface area contributed by atoms with E-state index in [-0.39, 0.29) is 18.1 Å². The number of halogens is 3. The summed E-state index contributed by atoms with van der Waals surface area (Å²) in [5.41, 5.74) is 1.18. The monoisotopic (exact) mass is 297 g/mol. The first-order valence-electron chi connectivity index (χ1n) is 6.16. The molecule has 0 aliphatic rings. The second-order valence-corrected chi connectivity index (χ2v) is 4.70. The van der Waals surface area contributed by atoms with Gasteiger partial charge >= 0.3 is 0 Å². The molecule has 0 aliphatic heterocycles. The maximum absolute atomic E-state index is 13.1. The molecule has 4 nitrogen and oxygen atoms in total. The molecule has 0 saturated carbocycles. The number of aromatic nitrogens is 1. The molecule has 0 radical (unpaired) electrons. The van der Waals surface area contributed by atoms with E-state index < -0.39 is 17.5 Å². The van der Waals surface area contributed by atoms with Crippen molar-refractivity contribution in [3.63, 3.8) is 0 Å². The van der Waals surface area contributed by atoms with Gasteiger partial charge in [0.15, 0.2) is 17.5 Å². The Balaban J connectivity index is 2.05. The quantitative estimate of drug-likeness (QED) is 0.853. The zero-order chi connectivity index (χ0) is 15.6. The van der Waals surface area contributed by atoms with Crippen LogP contribution in [0.15, 0.2) is 24.3 Å². The first kappa shape index (κ1) is 15.0. The molecule has 112 valence electrons. The van der Waals surface area contributed by atoms with Crippen LogP contribution in [0.2, 0.25) is 0 Å². The third kappa shape index (κ3) is 3.36. The van der Waals surface area contributed by atoms with E-state index in [0.717, 1.165) is 12.1 Å². The van der Waals surface area contributed by atoms with E-state index in [1.54, 1.807) is 26.2 Å². The topological polar surface area (TPSA) is 48.1 Å². The maximum atomic E-state index is 13.1. The van der Waals surface area contributed by atoms with E-state index in [1.807, 2.05) is 0 Å². The lowest BCUT2D eigenvalue weighted by Gasteiger charge is -2.08. The van der Waals surface area contributed by atoms with Crippen molar-refractivity contribution in [2.75, 3.05) is 19.4 Å². The third-order valence-electron chi connectivity index (χ3n) is 2.85. The number of anilines is 1. The summed E-state index contributed by atoms with van der Waals surface area (Å²) >= 11 is 0. The first-order valence-corrected chi connectivity index (χ1v) is 6.16. The molecule has 0 atom stereocenters. The second-order valence-electron chi connectivity index (χ2n) is 4.70. The second kappa shape index (κ2) is 5.90. The van der Waals surface area contributed by atoms with Gasteiger partial charge in [-0.15, -0.1) is 0 Å². The van der Waals surface area contributed by atoms with Crippen molar-refractivity contribution in [2.45, 2.75) is 6.54 Å². The zero-order valence-electron chi connectivity index (χ0n) is 11.5. The van der Waals surface area contributed by atoms with Gasteiger partial charge in [-0.25, -0.2) is 13.2 Å². The fraction of sp³-hybridized carbons (Fsp3) is 0.214. The minimum atomic E-state index is -1.50. The molecule has 7 heteroatoms. The molecule has 1 heterocycles. The van der Waals surface area contributed by atoms with E-state index in [1.165, 1.54) is 4.90 Å². The van der Waals surface area contributed by atoms with Crippen LogP contribution >= 0.6 is 0 Å². The van der Waals surface area contributed by atoms with Gasteiger partial charge in [0.05, 0.1) is 6.54 Å². The van der Waals surface area contributed by atoms with E-state index in [2.05, 4.69) is 10.3 Å². The zero-order valence-corrected chi connectivity index (χ0v) is 11.5. The van der Waals surface area contributed by atoms with Gasteiger partial charge in [-0.2, -0.15) is 0 Å². The van der Waals surface area contributed by atoms with E-state index >= 15 is 0 Å². The van der Waals surface area contributed by atoms with Gasteiger partial charge in [-0.05, 0) is 12.1 Å². The van der Waals surface area contributed by atoms with Crippen LogP contribution in [-0.2, 0) is 6.54 Å². The maximum Gasteiger partial charge on any atom is 0.269 e. The summed E-state index contributed by atoms with van der Waals surface area (Å²) in [7, 11) is 3.26. The molecule has 2 N–H and O–H groups in total. The molecule has 0 unspecified atom stereocenters. The molecule has 0 bridgehead atoms. The van der Waals surface area contributed by atoms with Crippen LogP contribution in [-0.4, -0.2) is 29.9 Å². The highest BCUT2D eigenvalue weighted by molar-refractivity contribution is 5.92. The molecule has 21 heavy (non-hydrogen) atoms. The Morgan fingerprint density at radius 2 is 1.81 bits per heavy atom. The average molecular weight is 297 g/mol. The van der Waals surface area contributed by atoms with Gasteiger partial charge < -0.3 is 15.2 Å². The molecule has 0 aliphatic carbocycles. The Hall–Kier alpha value is -2.44. The SMILES string of the molecule is CN(C)C(=O)c1ccc(CNc2cc(F)c(F)c(F)c2)[nH]1. The average Bonchev–Trinajstić information content (AvgIpc) is 2.90. The predicted octanol–water partition coefficient (Wildman–Crippen LogP) is 2.75. The summed E-state index contributed by atoms with van der Waals surface area (Å²) in [5, 5.41) is 2.75. The summed E-state index contributed by atoms with van der Waals surface area (Å²) in [6.45, 7) is 0.214. The molecule has 1 aromatic carbocycles. The lowest BCUT2D eigenvalue weighted by atomic mass is 10.2. The molecule has 0 saturated heterocycles. The summed E-state index contributed by atoms with van der Waals surface area (Å²) in [6.07, 6.45) is 0. The summed E-state index contributed by atoms with van der Waals surface area (Å²) in [6, 6.07) is 5.03. The van der Waals surface area contributed by atoms with E-state index in [9.17, 15) is 18.0 Å². The number of nitrogens with one attached hydrogen (secondary N) is 2. The van der Waals surface area contributed by atoms with Crippen molar-refractivity contribution in [1.29, 1.82) is 0 Å². The number of carbonyl (C=O) groups is 1. The fourth-order valence-corrected chi connectivity index (χ4v) is 1.76. The first-order chi connectivity index (χ1) is 9.88. The molecule has 2 aromatic rings. The number of hydrogen-bond acceptors (Lipinski definition) is 2. The van der Waals surface area contributed by atoms with Gasteiger partial charge in [0, 0.05) is 37.6 Å².